The molecule has 1 aliphatic heterocycles. The van der Waals surface area contributed by atoms with Gasteiger partial charge >= 0.3 is 5.97 Å². The molecule has 2 N–H and O–H groups in total. The van der Waals surface area contributed by atoms with Gasteiger partial charge in [0.1, 0.15) is 6.10 Å². The minimum absolute atomic E-state index is 0.259. The molecule has 6 nitrogen and oxygen atoms in total. The van der Waals surface area contributed by atoms with Gasteiger partial charge in [-0.2, -0.15) is 0 Å². The maximum absolute atomic E-state index is 11.7. The zero-order valence-electron chi connectivity index (χ0n) is 9.88. The van der Waals surface area contributed by atoms with E-state index < -0.39 is 18.2 Å². The highest BCUT2D eigenvalue weighted by Crippen LogP contribution is 2.20. The Labute approximate surface area is 108 Å². The summed E-state index contributed by atoms with van der Waals surface area (Å²) in [7, 11) is 0. The Bertz CT molecular complexity index is 460. The highest BCUT2D eigenvalue weighted by atomic mass is 32.1. The molecular weight excluding hydrogens is 256 g/mol. The molecular formula is C11H14N2O4S. The van der Waals surface area contributed by atoms with Gasteiger partial charge in [-0.1, -0.05) is 0 Å². The molecule has 18 heavy (non-hydrogen) atoms. The van der Waals surface area contributed by atoms with E-state index in [2.05, 4.69) is 10.3 Å². The third kappa shape index (κ3) is 3.05. The molecule has 0 bridgehead atoms. The number of amides is 1. The number of ether oxygens (including phenoxy) is 1. The molecule has 1 aliphatic rings. The van der Waals surface area contributed by atoms with E-state index in [4.69, 9.17) is 9.84 Å². The molecule has 1 aromatic rings. The predicted molar refractivity (Wildman–Crippen MR) is 64.2 cm³/mol. The molecule has 2 heterocycles. The molecule has 1 saturated heterocycles. The monoisotopic (exact) mass is 270 g/mol. The normalized spacial score (nSPS) is 22.9. The van der Waals surface area contributed by atoms with Gasteiger partial charge in [0, 0.05) is 11.1 Å². The molecule has 0 aliphatic carbocycles. The summed E-state index contributed by atoms with van der Waals surface area (Å²) in [4.78, 5) is 27.5. The van der Waals surface area contributed by atoms with Crippen molar-refractivity contribution in [1.29, 1.82) is 0 Å². The first kappa shape index (κ1) is 13.0. The van der Waals surface area contributed by atoms with E-state index in [1.165, 1.54) is 11.3 Å². The molecule has 0 radical (unpaired) electrons. The van der Waals surface area contributed by atoms with Gasteiger partial charge in [-0.05, 0) is 19.8 Å². The van der Waals surface area contributed by atoms with Crippen molar-refractivity contribution in [3.8, 4) is 0 Å². The second kappa shape index (κ2) is 5.45. The van der Waals surface area contributed by atoms with Gasteiger partial charge in [0.05, 0.1) is 11.6 Å². The van der Waals surface area contributed by atoms with Crippen molar-refractivity contribution >= 4 is 23.2 Å². The van der Waals surface area contributed by atoms with Crippen LogP contribution in [0.3, 0.4) is 0 Å². The van der Waals surface area contributed by atoms with Gasteiger partial charge in [-0.25, -0.2) is 9.78 Å². The molecule has 0 aromatic carbocycles. The minimum atomic E-state index is -1.01. The van der Waals surface area contributed by atoms with Crippen LogP contribution in [0.4, 0.5) is 0 Å². The minimum Gasteiger partial charge on any atom is -0.479 e. The van der Waals surface area contributed by atoms with Crippen molar-refractivity contribution in [3.05, 3.63) is 16.1 Å². The first-order valence-corrected chi connectivity index (χ1v) is 6.45. The van der Waals surface area contributed by atoms with Crippen LogP contribution >= 0.6 is 11.3 Å². The molecule has 98 valence electrons. The highest BCUT2D eigenvalue weighted by Gasteiger charge is 2.34. The molecule has 0 saturated carbocycles. The number of carbonyl (C=O) groups excluding carboxylic acids is 1. The largest absolute Gasteiger partial charge is 0.479 e. The molecule has 0 spiro atoms. The van der Waals surface area contributed by atoms with Crippen LogP contribution in [0.5, 0.6) is 0 Å². The number of carboxylic acids is 1. The summed E-state index contributed by atoms with van der Waals surface area (Å²) in [6, 6.07) is 0. The summed E-state index contributed by atoms with van der Waals surface area (Å²) in [5, 5.41) is 12.4. The average molecular weight is 270 g/mol. The SMILES string of the molecule is Cc1ncc(CNC(=O)[C@@H]2CC[C@H](C(=O)O)O2)s1. The zero-order chi connectivity index (χ0) is 13.1. The van der Waals surface area contributed by atoms with Gasteiger partial charge in [0.15, 0.2) is 6.10 Å². The number of aromatic nitrogens is 1. The van der Waals surface area contributed by atoms with Gasteiger partial charge in [-0.15, -0.1) is 11.3 Å². The summed E-state index contributed by atoms with van der Waals surface area (Å²) in [6.45, 7) is 2.30. The van der Waals surface area contributed by atoms with Gasteiger partial charge in [0.2, 0.25) is 5.91 Å². The Kier molecular flexibility index (Phi) is 3.93. The number of nitrogens with zero attached hydrogens (tertiary/aromatic N) is 1. The van der Waals surface area contributed by atoms with E-state index >= 15 is 0 Å². The topological polar surface area (TPSA) is 88.5 Å². The van der Waals surface area contributed by atoms with E-state index in [9.17, 15) is 9.59 Å². The molecule has 0 unspecified atom stereocenters. The van der Waals surface area contributed by atoms with Crippen LogP contribution < -0.4 is 5.32 Å². The van der Waals surface area contributed by atoms with Crippen LogP contribution in [0, 0.1) is 6.92 Å². The molecule has 7 heteroatoms. The Morgan fingerprint density at radius 1 is 1.56 bits per heavy atom. The summed E-state index contributed by atoms with van der Waals surface area (Å²) >= 11 is 1.52. The van der Waals surface area contributed by atoms with E-state index in [0.717, 1.165) is 9.88 Å². The summed E-state index contributed by atoms with van der Waals surface area (Å²) < 4.78 is 5.15. The molecule has 1 amide bonds. The van der Waals surface area contributed by atoms with Gasteiger partial charge in [0.25, 0.3) is 0 Å². The van der Waals surface area contributed by atoms with Gasteiger partial charge in [-0.3, -0.25) is 4.79 Å². The van der Waals surface area contributed by atoms with Crippen molar-refractivity contribution in [2.75, 3.05) is 0 Å². The van der Waals surface area contributed by atoms with E-state index in [-0.39, 0.29) is 5.91 Å². The number of thiazole rings is 1. The Balaban J connectivity index is 1.80. The third-order valence-electron chi connectivity index (χ3n) is 2.69. The van der Waals surface area contributed by atoms with E-state index in [1.54, 1.807) is 6.20 Å². The zero-order valence-corrected chi connectivity index (χ0v) is 10.7. The number of nitrogens with one attached hydrogen (secondary N) is 1. The third-order valence-corrected chi connectivity index (χ3v) is 3.61. The second-order valence-electron chi connectivity index (χ2n) is 4.09. The van der Waals surface area contributed by atoms with Crippen LogP contribution in [0.2, 0.25) is 0 Å². The van der Waals surface area contributed by atoms with E-state index in [0.29, 0.717) is 19.4 Å². The molecule has 1 fully saturated rings. The number of aliphatic carboxylic acids is 1. The van der Waals surface area contributed by atoms with Crippen molar-refractivity contribution in [1.82, 2.24) is 10.3 Å². The Hall–Kier alpha value is -1.47. The first-order chi connectivity index (χ1) is 8.56. The lowest BCUT2D eigenvalue weighted by molar-refractivity contribution is -0.151. The maximum Gasteiger partial charge on any atom is 0.332 e. The number of carboxylic acid groups (broad SMARTS) is 1. The number of hydrogen-bond donors (Lipinski definition) is 2. The number of rotatable bonds is 4. The lowest BCUT2D eigenvalue weighted by atomic mass is 10.2. The van der Waals surface area contributed by atoms with Crippen LogP contribution in [0.15, 0.2) is 6.20 Å². The lowest BCUT2D eigenvalue weighted by Crippen LogP contribution is -2.35. The molecule has 2 rings (SSSR count). The number of aryl methyl sites for hydroxylation is 1. The fourth-order valence-corrected chi connectivity index (χ4v) is 2.52. The van der Waals surface area contributed by atoms with Gasteiger partial charge < -0.3 is 15.2 Å². The average Bonchev–Trinajstić information content (AvgIpc) is 2.94. The van der Waals surface area contributed by atoms with Crippen LogP contribution in [0.1, 0.15) is 22.7 Å². The second-order valence-corrected chi connectivity index (χ2v) is 5.41. The number of carbonyl (C=O) groups is 2. The summed E-state index contributed by atoms with van der Waals surface area (Å²) in [6.07, 6.45) is 1.04. The fraction of sp³-hybridized carbons (Fsp3) is 0.545. The van der Waals surface area contributed by atoms with Crippen LogP contribution in [-0.4, -0.2) is 34.2 Å². The van der Waals surface area contributed by atoms with E-state index in [1.807, 2.05) is 6.92 Å². The number of hydrogen-bond acceptors (Lipinski definition) is 5. The Morgan fingerprint density at radius 2 is 2.28 bits per heavy atom. The van der Waals surface area contributed by atoms with Crippen molar-refractivity contribution in [2.24, 2.45) is 0 Å². The van der Waals surface area contributed by atoms with Crippen molar-refractivity contribution in [2.45, 2.75) is 38.5 Å². The van der Waals surface area contributed by atoms with Crippen molar-refractivity contribution < 1.29 is 19.4 Å². The fourth-order valence-electron chi connectivity index (χ4n) is 1.79. The smallest absolute Gasteiger partial charge is 0.332 e. The van der Waals surface area contributed by atoms with Crippen LogP contribution in [-0.2, 0) is 20.9 Å². The first-order valence-electron chi connectivity index (χ1n) is 5.63. The molecule has 2 atom stereocenters. The quantitative estimate of drug-likeness (QED) is 0.840. The predicted octanol–water partition coefficient (Wildman–Crippen LogP) is 0.700. The lowest BCUT2D eigenvalue weighted by Gasteiger charge is -2.10. The maximum atomic E-state index is 11.7. The van der Waals surface area contributed by atoms with Crippen LogP contribution in [0.25, 0.3) is 0 Å². The Morgan fingerprint density at radius 3 is 2.83 bits per heavy atom. The highest BCUT2D eigenvalue weighted by molar-refractivity contribution is 7.11. The standard InChI is InChI=1S/C11H14N2O4S/c1-6-12-4-7(18-6)5-13-10(14)8-2-3-9(17-8)11(15)16/h4,8-9H,2-3,5H2,1H3,(H,13,14)(H,15,16)/t8-,9+/m0/s1. The molecule has 1 aromatic heterocycles. The van der Waals surface area contributed by atoms with Crippen molar-refractivity contribution in [3.63, 3.8) is 0 Å². The summed E-state index contributed by atoms with van der Waals surface area (Å²) in [5.41, 5.74) is 0. The summed E-state index contributed by atoms with van der Waals surface area (Å²) in [5.74, 6) is -1.27.